The Kier molecular flexibility index (Phi) is 3.93. The molecule has 30 heavy (non-hydrogen) atoms. The van der Waals surface area contributed by atoms with E-state index in [0.29, 0.717) is 12.8 Å². The second-order valence-electron chi connectivity index (χ2n) is 11.6. The summed E-state index contributed by atoms with van der Waals surface area (Å²) in [5.74, 6) is -2.56. The van der Waals surface area contributed by atoms with Gasteiger partial charge in [0.1, 0.15) is 11.7 Å². The molecule has 12 atom stereocenters. The van der Waals surface area contributed by atoms with E-state index in [-0.39, 0.29) is 12.5 Å². The lowest BCUT2D eigenvalue weighted by molar-refractivity contribution is -0.243. The van der Waals surface area contributed by atoms with E-state index in [4.69, 9.17) is 9.47 Å². The van der Waals surface area contributed by atoms with Crippen molar-refractivity contribution in [1.29, 1.82) is 0 Å². The Balaban J connectivity index is 1.76. The first-order chi connectivity index (χ1) is 13.6. The molecule has 0 aromatic heterocycles. The maximum absolute atomic E-state index is 12.2. The minimum atomic E-state index is -1.77. The zero-order valence-corrected chi connectivity index (χ0v) is 18.2. The van der Waals surface area contributed by atoms with Crippen molar-refractivity contribution < 1.29 is 39.8 Å². The van der Waals surface area contributed by atoms with E-state index in [0.717, 1.165) is 0 Å². The molecule has 1 heterocycles. The van der Waals surface area contributed by atoms with Crippen LogP contribution in [-0.4, -0.2) is 78.8 Å². The van der Waals surface area contributed by atoms with Crippen LogP contribution in [0.2, 0.25) is 0 Å². The molecule has 8 nitrogen and oxygen atoms in total. The van der Waals surface area contributed by atoms with Crippen molar-refractivity contribution in [3.8, 4) is 0 Å². The van der Waals surface area contributed by atoms with Crippen molar-refractivity contribution in [2.75, 3.05) is 0 Å². The van der Waals surface area contributed by atoms with Gasteiger partial charge in [-0.2, -0.15) is 0 Å². The summed E-state index contributed by atoms with van der Waals surface area (Å²) in [5.41, 5.74) is -6.78. The Bertz CT molecular complexity index is 792. The average molecular weight is 427 g/mol. The van der Waals surface area contributed by atoms with Gasteiger partial charge in [-0.1, -0.05) is 13.8 Å². The Morgan fingerprint density at radius 3 is 2.27 bits per heavy atom. The fourth-order valence-corrected chi connectivity index (χ4v) is 8.54. The van der Waals surface area contributed by atoms with Gasteiger partial charge in [0.15, 0.2) is 6.10 Å². The maximum Gasteiger partial charge on any atom is 0.303 e. The van der Waals surface area contributed by atoms with Gasteiger partial charge in [-0.3, -0.25) is 4.79 Å². The third-order valence-electron chi connectivity index (χ3n) is 9.78. The second kappa shape index (κ2) is 5.58. The monoisotopic (exact) mass is 426 g/mol. The van der Waals surface area contributed by atoms with Gasteiger partial charge < -0.3 is 35.0 Å². The molecule has 1 spiro atoms. The first kappa shape index (κ1) is 21.1. The number of ether oxygens (including phenoxy) is 2. The number of hydrogen-bond acceptors (Lipinski definition) is 8. The maximum atomic E-state index is 12.2. The number of fused-ring (bicyclic) bond motifs is 4. The number of rotatable bonds is 1. The Morgan fingerprint density at radius 2 is 1.67 bits per heavy atom. The van der Waals surface area contributed by atoms with Crippen LogP contribution in [0.1, 0.15) is 53.9 Å². The molecule has 4 aliphatic carbocycles. The van der Waals surface area contributed by atoms with Crippen molar-refractivity contribution in [3.05, 3.63) is 0 Å². The molecule has 1 unspecified atom stereocenters. The number of epoxide rings is 1. The molecule has 170 valence electrons. The standard InChI is InChI=1S/C22H34O8/c1-9(23)29-17-15(25)21-8-19(4,26)10(14(21)24)6-7-11(21)20(5,27)13-12-16(30-12)18(2,3)22(13,17)28/h10-17,24-28H,6-8H2,1-5H3/t10?,11-,12-,13-,14+,15+,16-,17+,19+,20+,21+,22-/m0/s1. The molecule has 5 aliphatic rings. The van der Waals surface area contributed by atoms with E-state index in [1.54, 1.807) is 27.7 Å². The summed E-state index contributed by atoms with van der Waals surface area (Å²) in [6, 6.07) is 0. The predicted molar refractivity (Wildman–Crippen MR) is 103 cm³/mol. The third kappa shape index (κ3) is 2.07. The van der Waals surface area contributed by atoms with Gasteiger partial charge in [-0.05, 0) is 39.0 Å². The third-order valence-corrected chi connectivity index (χ3v) is 9.78. The van der Waals surface area contributed by atoms with Crippen LogP contribution in [0.5, 0.6) is 0 Å². The van der Waals surface area contributed by atoms with E-state index in [1.807, 2.05) is 0 Å². The summed E-state index contributed by atoms with van der Waals surface area (Å²) in [6.07, 6.45) is -3.69. The van der Waals surface area contributed by atoms with Gasteiger partial charge in [0.2, 0.25) is 0 Å². The molecule has 0 radical (unpaired) electrons. The molecule has 5 rings (SSSR count). The molecule has 5 fully saturated rings. The minimum absolute atomic E-state index is 0.0454. The second-order valence-corrected chi connectivity index (χ2v) is 11.6. The van der Waals surface area contributed by atoms with E-state index < -0.39 is 75.8 Å². The fraction of sp³-hybridized carbons (Fsp3) is 0.955. The Labute approximate surface area is 176 Å². The van der Waals surface area contributed by atoms with Gasteiger partial charge in [-0.25, -0.2) is 0 Å². The van der Waals surface area contributed by atoms with Crippen molar-refractivity contribution in [2.45, 2.75) is 101 Å². The topological polar surface area (TPSA) is 140 Å². The number of carbonyl (C=O) groups is 1. The first-order valence-corrected chi connectivity index (χ1v) is 11.0. The number of hydrogen-bond donors (Lipinski definition) is 5. The largest absolute Gasteiger partial charge is 0.457 e. The molecular weight excluding hydrogens is 392 g/mol. The van der Waals surface area contributed by atoms with Crippen LogP contribution in [0.25, 0.3) is 0 Å². The van der Waals surface area contributed by atoms with Crippen molar-refractivity contribution in [3.63, 3.8) is 0 Å². The summed E-state index contributed by atoms with van der Waals surface area (Å²) in [7, 11) is 0. The van der Waals surface area contributed by atoms with Gasteiger partial charge in [-0.15, -0.1) is 0 Å². The lowest BCUT2D eigenvalue weighted by Crippen LogP contribution is -2.65. The van der Waals surface area contributed by atoms with Crippen LogP contribution in [0, 0.1) is 28.6 Å². The Morgan fingerprint density at radius 1 is 1.03 bits per heavy atom. The predicted octanol–water partition coefficient (Wildman–Crippen LogP) is -0.274. The molecule has 0 amide bonds. The number of esters is 1. The van der Waals surface area contributed by atoms with Crippen LogP contribution in [0.15, 0.2) is 0 Å². The van der Waals surface area contributed by atoms with Crippen LogP contribution in [0.3, 0.4) is 0 Å². The van der Waals surface area contributed by atoms with Gasteiger partial charge in [0.05, 0.1) is 29.5 Å². The highest BCUT2D eigenvalue weighted by Gasteiger charge is 2.85. The summed E-state index contributed by atoms with van der Waals surface area (Å²) >= 11 is 0. The number of aliphatic hydroxyl groups excluding tert-OH is 2. The molecule has 8 heteroatoms. The average Bonchev–Trinajstić information content (AvgIpc) is 3.34. The summed E-state index contributed by atoms with van der Waals surface area (Å²) < 4.78 is 11.5. The zero-order valence-electron chi connectivity index (χ0n) is 18.2. The van der Waals surface area contributed by atoms with Crippen LogP contribution >= 0.6 is 0 Å². The quantitative estimate of drug-likeness (QED) is 0.285. The highest BCUT2D eigenvalue weighted by molar-refractivity contribution is 5.66. The van der Waals surface area contributed by atoms with Crippen LogP contribution in [-0.2, 0) is 14.3 Å². The molecule has 2 bridgehead atoms. The summed E-state index contributed by atoms with van der Waals surface area (Å²) in [4.78, 5) is 12.1. The zero-order chi connectivity index (χ0) is 22.2. The summed E-state index contributed by atoms with van der Waals surface area (Å²) in [5, 5.41) is 58.5. The molecule has 1 aliphatic heterocycles. The smallest absolute Gasteiger partial charge is 0.303 e. The molecule has 5 N–H and O–H groups in total. The van der Waals surface area contributed by atoms with E-state index >= 15 is 0 Å². The molecule has 0 aromatic carbocycles. The van der Waals surface area contributed by atoms with Gasteiger partial charge in [0, 0.05) is 29.6 Å². The van der Waals surface area contributed by atoms with Crippen LogP contribution < -0.4 is 0 Å². The Hall–Kier alpha value is -0.770. The molecule has 4 saturated carbocycles. The SMILES string of the molecule is CC(=O)O[C@@H]1[C@@H](O)[C@]23C[C@@](C)(O)C(CC[C@H]2[C@@](C)(O)[C@@H]2[C@@H]4O[C@@H]4C(C)(C)[C@@]12O)[C@H]3O. The van der Waals surface area contributed by atoms with Gasteiger partial charge in [0.25, 0.3) is 0 Å². The molecule has 1 saturated heterocycles. The molecular formula is C22H34O8. The normalized spacial score (nSPS) is 62.7. The fourth-order valence-electron chi connectivity index (χ4n) is 8.54. The van der Waals surface area contributed by atoms with Gasteiger partial charge >= 0.3 is 5.97 Å². The summed E-state index contributed by atoms with van der Waals surface area (Å²) in [6.45, 7) is 8.09. The van der Waals surface area contributed by atoms with E-state index in [9.17, 15) is 30.3 Å². The number of carbonyl (C=O) groups excluding carboxylic acids is 1. The highest BCUT2D eigenvalue weighted by atomic mass is 16.6. The lowest BCUT2D eigenvalue weighted by atomic mass is 9.56. The number of aliphatic hydroxyl groups is 5. The van der Waals surface area contributed by atoms with Crippen molar-refractivity contribution in [1.82, 2.24) is 0 Å². The van der Waals surface area contributed by atoms with Crippen molar-refractivity contribution >= 4 is 5.97 Å². The van der Waals surface area contributed by atoms with Crippen molar-refractivity contribution in [2.24, 2.45) is 28.6 Å². The first-order valence-electron chi connectivity index (χ1n) is 11.0. The molecule has 0 aromatic rings. The van der Waals surface area contributed by atoms with E-state index in [2.05, 4.69) is 0 Å². The minimum Gasteiger partial charge on any atom is -0.457 e. The van der Waals surface area contributed by atoms with Crippen LogP contribution in [0.4, 0.5) is 0 Å². The van der Waals surface area contributed by atoms with E-state index in [1.165, 1.54) is 6.92 Å². The highest BCUT2D eigenvalue weighted by Crippen LogP contribution is 2.73. The lowest BCUT2D eigenvalue weighted by Gasteiger charge is -2.52.